The van der Waals surface area contributed by atoms with E-state index in [1.165, 1.54) is 12.1 Å². The van der Waals surface area contributed by atoms with Crippen molar-refractivity contribution in [3.05, 3.63) is 59.7 Å². The van der Waals surface area contributed by atoms with Gasteiger partial charge in [0.2, 0.25) is 11.8 Å². The van der Waals surface area contributed by atoms with Crippen LogP contribution in [0.2, 0.25) is 0 Å². The number of phenols is 1. The molecule has 2 heterocycles. The van der Waals surface area contributed by atoms with Gasteiger partial charge in [-0.1, -0.05) is 24.3 Å². The smallest absolute Gasteiger partial charge is 0.234 e. The number of hydrogen-bond donors (Lipinski definition) is 3. The number of phenolic OH excluding ortho intramolecular Hbond substituents is 1. The number of epoxide rings is 1. The molecule has 11 heteroatoms. The van der Waals surface area contributed by atoms with Crippen molar-refractivity contribution >= 4 is 23.4 Å². The molecule has 0 aliphatic carbocycles. The molecule has 2 aromatic rings. The zero-order chi connectivity index (χ0) is 31.0. The lowest BCUT2D eigenvalue weighted by molar-refractivity contribution is -0.134. The molecular weight excluding hydrogens is 554 g/mol. The van der Waals surface area contributed by atoms with Crippen molar-refractivity contribution in [2.24, 2.45) is 5.92 Å². The van der Waals surface area contributed by atoms with Gasteiger partial charge in [0.1, 0.15) is 17.1 Å². The highest BCUT2D eigenvalue weighted by Gasteiger charge is 2.50. The molecule has 11 nitrogen and oxygen atoms in total. The van der Waals surface area contributed by atoms with Gasteiger partial charge in [-0.05, 0) is 62.1 Å². The SMILES string of the molecule is COc1ccc(CC(CC(=O)C(C)NC(=O)CN2CCOCC2)C(=O)NC(Cc2ccc(O)cc2)C(=O)C2(C)CO2)cc1. The second-order valence-corrected chi connectivity index (χ2v) is 11.4. The number of ketones is 2. The van der Waals surface area contributed by atoms with Gasteiger partial charge in [-0.2, -0.15) is 0 Å². The molecule has 4 rings (SSSR count). The second-order valence-electron chi connectivity index (χ2n) is 11.4. The summed E-state index contributed by atoms with van der Waals surface area (Å²) in [6, 6.07) is 11.9. The first-order valence-corrected chi connectivity index (χ1v) is 14.6. The molecule has 0 saturated carbocycles. The van der Waals surface area contributed by atoms with Gasteiger partial charge in [-0.25, -0.2) is 0 Å². The molecule has 4 unspecified atom stereocenters. The summed E-state index contributed by atoms with van der Waals surface area (Å²) in [5.74, 6) is -1.31. The van der Waals surface area contributed by atoms with Crippen LogP contribution in [0, 0.1) is 5.92 Å². The number of aromatic hydroxyl groups is 1. The average Bonchev–Trinajstić information content (AvgIpc) is 3.76. The van der Waals surface area contributed by atoms with E-state index in [9.17, 15) is 24.3 Å². The molecule has 2 fully saturated rings. The van der Waals surface area contributed by atoms with E-state index in [1.807, 2.05) is 17.0 Å². The van der Waals surface area contributed by atoms with E-state index in [2.05, 4.69) is 10.6 Å². The van der Waals surface area contributed by atoms with Crippen LogP contribution in [-0.2, 0) is 41.5 Å². The summed E-state index contributed by atoms with van der Waals surface area (Å²) < 4.78 is 15.9. The van der Waals surface area contributed by atoms with Gasteiger partial charge in [0, 0.05) is 25.4 Å². The Hall–Kier alpha value is -3.80. The lowest BCUT2D eigenvalue weighted by Crippen LogP contribution is -2.50. The lowest BCUT2D eigenvalue weighted by atomic mass is 9.89. The predicted molar refractivity (Wildman–Crippen MR) is 158 cm³/mol. The molecule has 4 atom stereocenters. The number of hydrogen-bond acceptors (Lipinski definition) is 9. The minimum Gasteiger partial charge on any atom is -0.508 e. The van der Waals surface area contributed by atoms with Crippen LogP contribution in [0.3, 0.4) is 0 Å². The number of morpholine rings is 1. The lowest BCUT2D eigenvalue weighted by Gasteiger charge is -2.27. The number of Topliss-reactive ketones (excluding diaryl/α,β-unsaturated/α-hetero) is 2. The molecule has 2 aliphatic rings. The fourth-order valence-electron chi connectivity index (χ4n) is 5.04. The molecule has 3 N–H and O–H groups in total. The van der Waals surface area contributed by atoms with Crippen molar-refractivity contribution in [3.63, 3.8) is 0 Å². The van der Waals surface area contributed by atoms with Crippen LogP contribution in [0.15, 0.2) is 48.5 Å². The van der Waals surface area contributed by atoms with Gasteiger partial charge in [-0.15, -0.1) is 0 Å². The van der Waals surface area contributed by atoms with E-state index in [1.54, 1.807) is 45.2 Å². The van der Waals surface area contributed by atoms with E-state index in [-0.39, 0.29) is 55.6 Å². The van der Waals surface area contributed by atoms with Crippen LogP contribution < -0.4 is 15.4 Å². The zero-order valence-electron chi connectivity index (χ0n) is 25.0. The third-order valence-corrected chi connectivity index (χ3v) is 7.90. The van der Waals surface area contributed by atoms with Crippen molar-refractivity contribution < 1.29 is 38.5 Å². The average molecular weight is 596 g/mol. The Morgan fingerprint density at radius 1 is 0.977 bits per heavy atom. The maximum Gasteiger partial charge on any atom is 0.234 e. The van der Waals surface area contributed by atoms with Crippen LogP contribution in [0.4, 0.5) is 0 Å². The third kappa shape index (κ3) is 9.34. The molecule has 0 spiro atoms. The van der Waals surface area contributed by atoms with Gasteiger partial charge in [0.15, 0.2) is 11.6 Å². The summed E-state index contributed by atoms with van der Waals surface area (Å²) in [7, 11) is 1.56. The van der Waals surface area contributed by atoms with E-state index >= 15 is 0 Å². The summed E-state index contributed by atoms with van der Waals surface area (Å²) >= 11 is 0. The Bertz CT molecular complexity index is 1270. The molecule has 0 bridgehead atoms. The van der Waals surface area contributed by atoms with Gasteiger partial charge in [0.25, 0.3) is 0 Å². The van der Waals surface area contributed by atoms with Gasteiger partial charge in [-0.3, -0.25) is 24.1 Å². The Labute approximate surface area is 251 Å². The van der Waals surface area contributed by atoms with E-state index in [0.717, 1.165) is 11.1 Å². The number of nitrogens with one attached hydrogen (secondary N) is 2. The Balaban J connectivity index is 1.47. The van der Waals surface area contributed by atoms with Gasteiger partial charge < -0.3 is 30.0 Å². The minimum absolute atomic E-state index is 0.0948. The first-order valence-electron chi connectivity index (χ1n) is 14.6. The molecule has 43 heavy (non-hydrogen) atoms. The van der Waals surface area contributed by atoms with E-state index in [0.29, 0.717) is 32.1 Å². The monoisotopic (exact) mass is 595 g/mol. The Morgan fingerprint density at radius 3 is 2.19 bits per heavy atom. The standard InChI is InChI=1S/C32H41N3O8/c1-21(33-29(38)19-35-12-14-42-15-13-35)28(37)18-24(16-22-6-10-26(41-3)11-7-22)31(40)34-27(30(39)32(2)20-43-32)17-23-4-8-25(36)9-5-23/h4-11,21,24,27,36H,12-20H2,1-3H3,(H,33,38)(H,34,40). The number of rotatable bonds is 15. The number of amides is 2. The number of carbonyl (C=O) groups excluding carboxylic acids is 4. The fraction of sp³-hybridized carbons (Fsp3) is 0.500. The predicted octanol–water partition coefficient (Wildman–Crippen LogP) is 1.44. The normalized spacial score (nSPS) is 20.3. The largest absolute Gasteiger partial charge is 0.508 e. The summed E-state index contributed by atoms with van der Waals surface area (Å²) in [4.78, 5) is 55.1. The maximum atomic E-state index is 13.8. The molecule has 2 aliphatic heterocycles. The topological polar surface area (TPSA) is 147 Å². The number of nitrogens with zero attached hydrogens (tertiary/aromatic N) is 1. The molecule has 0 aromatic heterocycles. The quantitative estimate of drug-likeness (QED) is 0.260. The molecular formula is C32H41N3O8. The molecule has 2 aromatic carbocycles. The molecule has 2 saturated heterocycles. The highest BCUT2D eigenvalue weighted by atomic mass is 16.6. The maximum absolute atomic E-state index is 13.8. The highest BCUT2D eigenvalue weighted by molar-refractivity contribution is 5.98. The zero-order valence-corrected chi connectivity index (χ0v) is 25.0. The molecule has 2 amide bonds. The van der Waals surface area contributed by atoms with Crippen molar-refractivity contribution in [2.45, 2.75) is 50.8 Å². The van der Waals surface area contributed by atoms with Crippen molar-refractivity contribution in [1.29, 1.82) is 0 Å². The fourth-order valence-corrected chi connectivity index (χ4v) is 5.04. The summed E-state index contributed by atoms with van der Waals surface area (Å²) in [5.41, 5.74) is 0.590. The van der Waals surface area contributed by atoms with E-state index < -0.39 is 29.5 Å². The van der Waals surface area contributed by atoms with Gasteiger partial charge in [0.05, 0.1) is 45.6 Å². The number of ether oxygens (including phenoxy) is 3. The van der Waals surface area contributed by atoms with Crippen LogP contribution in [0.5, 0.6) is 11.5 Å². The summed E-state index contributed by atoms with van der Waals surface area (Å²) in [6.45, 7) is 6.15. The number of methoxy groups -OCH3 is 1. The third-order valence-electron chi connectivity index (χ3n) is 7.90. The molecule has 0 radical (unpaired) electrons. The summed E-state index contributed by atoms with van der Waals surface area (Å²) in [6.07, 6.45) is 0.301. The van der Waals surface area contributed by atoms with Crippen molar-refractivity contribution in [3.8, 4) is 11.5 Å². The minimum atomic E-state index is -0.977. The van der Waals surface area contributed by atoms with Crippen molar-refractivity contribution in [1.82, 2.24) is 15.5 Å². The first-order chi connectivity index (χ1) is 20.6. The Kier molecular flexibility index (Phi) is 10.9. The van der Waals surface area contributed by atoms with Gasteiger partial charge >= 0.3 is 0 Å². The summed E-state index contributed by atoms with van der Waals surface area (Å²) in [5, 5.41) is 15.3. The molecule has 232 valence electrons. The number of benzene rings is 2. The van der Waals surface area contributed by atoms with Crippen LogP contribution in [0.25, 0.3) is 0 Å². The first kappa shape index (κ1) is 32.1. The second kappa shape index (κ2) is 14.6. The van der Waals surface area contributed by atoms with Crippen LogP contribution in [0.1, 0.15) is 31.4 Å². The van der Waals surface area contributed by atoms with Crippen LogP contribution in [-0.4, -0.2) is 97.6 Å². The Morgan fingerprint density at radius 2 is 1.58 bits per heavy atom. The number of carbonyl (C=O) groups is 4. The van der Waals surface area contributed by atoms with Crippen molar-refractivity contribution in [2.75, 3.05) is 46.6 Å². The van der Waals surface area contributed by atoms with Crippen LogP contribution >= 0.6 is 0 Å². The van der Waals surface area contributed by atoms with E-state index in [4.69, 9.17) is 14.2 Å². The highest BCUT2D eigenvalue weighted by Crippen LogP contribution is 2.29.